The van der Waals surface area contributed by atoms with Crippen molar-refractivity contribution < 1.29 is 13.2 Å². The number of hydrazine groups is 1. The topological polar surface area (TPSA) is 119 Å². The molecule has 1 aromatic heterocycles. The molecule has 0 aliphatic rings. The van der Waals surface area contributed by atoms with Crippen LogP contribution in [0.5, 0.6) is 0 Å². The Labute approximate surface area is 201 Å². The Morgan fingerprint density at radius 2 is 1.68 bits per heavy atom. The summed E-state index contributed by atoms with van der Waals surface area (Å²) in [6.07, 6.45) is 0. The van der Waals surface area contributed by atoms with E-state index in [0.717, 1.165) is 22.3 Å². The molecular weight excluding hydrogens is 450 g/mol. The molecule has 182 valence electrons. The number of carbonyl (C=O) groups excluding carboxylic acids is 1. The molecule has 1 amide bonds. The number of nitrogen functional groups attached to an aromatic ring is 1. The number of rotatable bonds is 6. The van der Waals surface area contributed by atoms with Crippen molar-refractivity contribution in [1.29, 1.82) is 0 Å². The monoisotopic (exact) mass is 483 g/mol. The van der Waals surface area contributed by atoms with Crippen molar-refractivity contribution in [1.82, 2.24) is 14.5 Å². The number of carbonyl (C=O) groups is 1. The third-order valence-corrected chi connectivity index (χ3v) is 7.36. The second kappa shape index (κ2) is 9.23. The Morgan fingerprint density at radius 1 is 1.06 bits per heavy atom. The summed E-state index contributed by atoms with van der Waals surface area (Å²) in [7, 11) is -4.14. The van der Waals surface area contributed by atoms with Gasteiger partial charge in [0.1, 0.15) is 5.69 Å². The second-order valence-corrected chi connectivity index (χ2v) is 11.4. The molecule has 0 bridgehead atoms. The maximum atomic E-state index is 13.3. The van der Waals surface area contributed by atoms with Gasteiger partial charge in [-0.1, -0.05) is 44.5 Å². The van der Waals surface area contributed by atoms with Crippen LogP contribution in [-0.2, 0) is 22.0 Å². The number of nitrogens with two attached hydrogens (primary N) is 1. The lowest BCUT2D eigenvalue weighted by Crippen LogP contribution is -2.33. The minimum Gasteiger partial charge on any atom is -0.324 e. The van der Waals surface area contributed by atoms with Gasteiger partial charge >= 0.3 is 0 Å². The first kappa shape index (κ1) is 25.5. The fraction of sp³-hybridized carbons (Fsp3) is 0.360. The number of anilines is 1. The molecule has 34 heavy (non-hydrogen) atoms. The number of amides is 1. The zero-order valence-electron chi connectivity index (χ0n) is 20.8. The summed E-state index contributed by atoms with van der Waals surface area (Å²) in [5.74, 6) is 4.74. The fourth-order valence-electron chi connectivity index (χ4n) is 3.99. The maximum Gasteiger partial charge on any atom is 0.283 e. The third kappa shape index (κ3) is 5.15. The molecule has 0 spiro atoms. The molecule has 2 aromatic carbocycles. The Hall–Kier alpha value is -3.17. The highest BCUT2D eigenvalue weighted by atomic mass is 32.2. The van der Waals surface area contributed by atoms with Crippen molar-refractivity contribution in [3.05, 3.63) is 75.6 Å². The van der Waals surface area contributed by atoms with Gasteiger partial charge in [0.25, 0.3) is 15.9 Å². The van der Waals surface area contributed by atoms with Crippen molar-refractivity contribution in [2.75, 3.05) is 5.43 Å². The summed E-state index contributed by atoms with van der Waals surface area (Å²) in [6.45, 7) is 14.0. The quantitative estimate of drug-likeness (QED) is 0.362. The van der Waals surface area contributed by atoms with Crippen LogP contribution < -0.4 is 16.0 Å². The zero-order chi connectivity index (χ0) is 25.4. The molecule has 0 unspecified atom stereocenters. The van der Waals surface area contributed by atoms with Gasteiger partial charge in [0, 0.05) is 5.41 Å². The number of aromatic nitrogens is 2. The minimum absolute atomic E-state index is 0.0244. The molecule has 8 nitrogen and oxygen atoms in total. The molecule has 3 rings (SSSR count). The Balaban J connectivity index is 2.04. The van der Waals surface area contributed by atoms with E-state index in [-0.39, 0.29) is 16.0 Å². The number of nitrogens with zero attached hydrogens (tertiary/aromatic N) is 2. The molecule has 3 aromatic rings. The van der Waals surface area contributed by atoms with Gasteiger partial charge < -0.3 is 5.43 Å². The summed E-state index contributed by atoms with van der Waals surface area (Å²) in [4.78, 5) is 13.3. The van der Waals surface area contributed by atoms with E-state index in [1.54, 1.807) is 29.8 Å². The molecule has 0 aliphatic carbocycles. The van der Waals surface area contributed by atoms with Gasteiger partial charge in [0.05, 0.1) is 22.8 Å². The number of nitrogens with one attached hydrogen (secondary N) is 2. The largest absolute Gasteiger partial charge is 0.324 e. The molecule has 1 heterocycles. The van der Waals surface area contributed by atoms with E-state index in [1.165, 1.54) is 6.07 Å². The molecule has 0 radical (unpaired) electrons. The van der Waals surface area contributed by atoms with Crippen LogP contribution in [0.25, 0.3) is 0 Å². The lowest BCUT2D eigenvalue weighted by molar-refractivity contribution is 0.0971. The van der Waals surface area contributed by atoms with E-state index in [4.69, 9.17) is 5.84 Å². The van der Waals surface area contributed by atoms with Crippen LogP contribution in [0.2, 0.25) is 0 Å². The highest BCUT2D eigenvalue weighted by molar-refractivity contribution is 7.90. The summed E-state index contributed by atoms with van der Waals surface area (Å²) >= 11 is 0. The van der Waals surface area contributed by atoms with Crippen LogP contribution >= 0.6 is 0 Å². The Bertz CT molecular complexity index is 1330. The fourth-order valence-corrected chi connectivity index (χ4v) is 5.22. The molecule has 9 heteroatoms. The van der Waals surface area contributed by atoms with Crippen LogP contribution in [0.15, 0.2) is 41.3 Å². The molecule has 0 aliphatic heterocycles. The lowest BCUT2D eigenvalue weighted by Gasteiger charge is -2.15. The van der Waals surface area contributed by atoms with Gasteiger partial charge in [0.2, 0.25) is 0 Å². The molecule has 0 saturated heterocycles. The number of aryl methyl sites for hydroxylation is 3. The first-order chi connectivity index (χ1) is 15.7. The van der Waals surface area contributed by atoms with Crippen LogP contribution in [0.3, 0.4) is 0 Å². The minimum atomic E-state index is -4.14. The predicted octanol–water partition coefficient (Wildman–Crippen LogP) is 3.87. The summed E-state index contributed by atoms with van der Waals surface area (Å²) < 4.78 is 30.0. The van der Waals surface area contributed by atoms with E-state index in [9.17, 15) is 13.2 Å². The average Bonchev–Trinajstić information content (AvgIpc) is 3.15. The number of hydrogen-bond acceptors (Lipinski definition) is 6. The smallest absolute Gasteiger partial charge is 0.283 e. The zero-order valence-corrected chi connectivity index (χ0v) is 21.6. The van der Waals surface area contributed by atoms with Crippen molar-refractivity contribution in [2.24, 2.45) is 5.84 Å². The van der Waals surface area contributed by atoms with E-state index < -0.39 is 15.9 Å². The van der Waals surface area contributed by atoms with Gasteiger partial charge in [-0.15, -0.1) is 0 Å². The van der Waals surface area contributed by atoms with Crippen LogP contribution in [-0.4, -0.2) is 24.1 Å². The molecule has 0 atom stereocenters. The van der Waals surface area contributed by atoms with Crippen LogP contribution in [0.1, 0.15) is 64.8 Å². The first-order valence-electron chi connectivity index (χ1n) is 11.0. The van der Waals surface area contributed by atoms with Crippen molar-refractivity contribution in [3.8, 4) is 0 Å². The summed E-state index contributed by atoms with van der Waals surface area (Å²) in [5, 5.41) is 4.68. The highest BCUT2D eigenvalue weighted by Gasteiger charge is 2.27. The van der Waals surface area contributed by atoms with Gasteiger partial charge in [-0.05, 0) is 68.1 Å². The summed E-state index contributed by atoms with van der Waals surface area (Å²) in [6, 6.07) is 10.5. The standard InChI is InChI=1S/C25H33N5O3S/c1-15-11-16(2)19(17(3)12-15)14-30-21(13-23(28-30)25(5,6)7)24(31)29-34(32,33)22-10-8-9-20(27-26)18(22)4/h8-13,27H,14,26H2,1-7H3,(H,29,31). The van der Waals surface area contributed by atoms with Crippen molar-refractivity contribution in [3.63, 3.8) is 0 Å². The third-order valence-electron chi connectivity index (χ3n) is 5.89. The predicted molar refractivity (Wildman–Crippen MR) is 134 cm³/mol. The van der Waals surface area contributed by atoms with Crippen molar-refractivity contribution >= 4 is 21.6 Å². The van der Waals surface area contributed by atoms with Crippen LogP contribution in [0, 0.1) is 27.7 Å². The SMILES string of the molecule is Cc1cc(C)c(Cn2nc(C(C)(C)C)cc2C(=O)NS(=O)(=O)c2cccc(NN)c2C)c(C)c1. The van der Waals surface area contributed by atoms with Gasteiger partial charge in [-0.2, -0.15) is 5.10 Å². The number of sulfonamides is 1. The normalized spacial score (nSPS) is 12.0. The lowest BCUT2D eigenvalue weighted by atomic mass is 9.92. The molecule has 0 saturated carbocycles. The maximum absolute atomic E-state index is 13.3. The van der Waals surface area contributed by atoms with E-state index in [1.807, 2.05) is 41.5 Å². The first-order valence-corrected chi connectivity index (χ1v) is 12.5. The Morgan fingerprint density at radius 3 is 2.24 bits per heavy atom. The number of hydrogen-bond donors (Lipinski definition) is 3. The van der Waals surface area contributed by atoms with E-state index >= 15 is 0 Å². The van der Waals surface area contributed by atoms with Gasteiger partial charge in [0.15, 0.2) is 0 Å². The van der Waals surface area contributed by atoms with Crippen molar-refractivity contribution in [2.45, 2.75) is 65.3 Å². The number of benzene rings is 2. The van der Waals surface area contributed by atoms with Gasteiger partial charge in [-0.3, -0.25) is 15.3 Å². The van der Waals surface area contributed by atoms with E-state index in [0.29, 0.717) is 23.5 Å². The van der Waals surface area contributed by atoms with E-state index in [2.05, 4.69) is 27.4 Å². The highest BCUT2D eigenvalue weighted by Crippen LogP contribution is 2.25. The molecular formula is C25H33N5O3S. The van der Waals surface area contributed by atoms with Crippen LogP contribution in [0.4, 0.5) is 5.69 Å². The van der Waals surface area contributed by atoms with Gasteiger partial charge in [-0.25, -0.2) is 13.1 Å². The molecule has 4 N–H and O–H groups in total. The second-order valence-electron chi connectivity index (χ2n) is 9.71. The Kier molecular flexibility index (Phi) is 6.91. The average molecular weight is 484 g/mol. The molecule has 0 fully saturated rings. The summed E-state index contributed by atoms with van der Waals surface area (Å²) in [5.41, 5.74) is 8.28.